The van der Waals surface area contributed by atoms with E-state index in [1.807, 2.05) is 48.6 Å². The summed E-state index contributed by atoms with van der Waals surface area (Å²) in [6.45, 7) is 5.75. The zero-order valence-electron chi connectivity index (χ0n) is 34.6. The smallest absolute Gasteiger partial charge is 0.462 e. The third-order valence-electron chi connectivity index (χ3n) is 8.76. The van der Waals surface area contributed by atoms with Crippen LogP contribution in [0.15, 0.2) is 72.9 Å². The molecule has 2 atom stereocenters. The maximum Gasteiger partial charge on any atom is 0.469 e. The van der Waals surface area contributed by atoms with Crippen LogP contribution in [0.3, 0.4) is 0 Å². The predicted octanol–water partition coefficient (Wildman–Crippen LogP) is 11.9. The van der Waals surface area contributed by atoms with Gasteiger partial charge >= 0.3 is 19.8 Å². The van der Waals surface area contributed by atoms with Gasteiger partial charge < -0.3 is 24.4 Å². The molecule has 0 rings (SSSR count). The largest absolute Gasteiger partial charge is 0.469 e. The monoisotopic (exact) mass is 793 g/mol. The van der Waals surface area contributed by atoms with Gasteiger partial charge in [0, 0.05) is 12.8 Å². The zero-order valence-corrected chi connectivity index (χ0v) is 35.5. The standard InChI is InChI=1S/C45H77O9P/c1-4-5-29-35-42(46)36-31-26-22-18-14-10-8-12-16-20-24-28-33-38-45(48)54-43(40-53-55(49,50)51)39-52-44(47)37-32-27-23-19-15-11-7-6-9-13-17-21-25-30-34-41(2)3/h5,10,12,14,16,22,24,26,28-29,31,36,41-43,46H,4,6-9,11,13,15,17-21,23,25,27,30,32-35,37-40H2,1-3H3,(H2,49,50,51)/b14-10-,16-12-,26-22+,28-24-,29-5-,36-31+/t42?,43-/m1/s1. The molecule has 0 aliphatic heterocycles. The highest BCUT2D eigenvalue weighted by molar-refractivity contribution is 7.46. The van der Waals surface area contributed by atoms with Crippen LogP contribution in [0.5, 0.6) is 0 Å². The van der Waals surface area contributed by atoms with Crippen molar-refractivity contribution in [1.82, 2.24) is 0 Å². The molecule has 9 nitrogen and oxygen atoms in total. The zero-order chi connectivity index (χ0) is 40.7. The molecule has 0 saturated heterocycles. The van der Waals surface area contributed by atoms with Crippen LogP contribution in [0.2, 0.25) is 0 Å². The van der Waals surface area contributed by atoms with Crippen molar-refractivity contribution in [1.29, 1.82) is 0 Å². The third kappa shape index (κ3) is 42.4. The fourth-order valence-corrected chi connectivity index (χ4v) is 5.97. The summed E-state index contributed by atoms with van der Waals surface area (Å²) in [5.74, 6) is -0.181. The SMILES string of the molecule is CC/C=C\CC(O)/C=C/C=C/C/C=C\C/C=C\C/C=C\CCC(=O)O[C@H](COC(=O)CCCCCCCCCCCCCCCCC(C)C)COP(=O)(O)O. The number of rotatable bonds is 37. The van der Waals surface area contributed by atoms with E-state index in [1.165, 1.54) is 70.6 Å². The van der Waals surface area contributed by atoms with Crippen molar-refractivity contribution >= 4 is 19.8 Å². The summed E-state index contributed by atoms with van der Waals surface area (Å²) in [6.07, 6.45) is 45.4. The van der Waals surface area contributed by atoms with Gasteiger partial charge in [-0.2, -0.15) is 0 Å². The molecule has 0 aromatic heterocycles. The summed E-state index contributed by atoms with van der Waals surface area (Å²) >= 11 is 0. The molecule has 0 fully saturated rings. The van der Waals surface area contributed by atoms with Crippen LogP contribution in [-0.2, 0) is 28.2 Å². The summed E-state index contributed by atoms with van der Waals surface area (Å²) in [5.41, 5.74) is 0. The van der Waals surface area contributed by atoms with Gasteiger partial charge in [-0.25, -0.2) is 4.57 Å². The molecule has 0 aromatic rings. The number of hydrogen-bond acceptors (Lipinski definition) is 7. The van der Waals surface area contributed by atoms with Gasteiger partial charge in [0.25, 0.3) is 0 Å². The maximum atomic E-state index is 12.4. The minimum Gasteiger partial charge on any atom is -0.462 e. The number of ether oxygens (including phenoxy) is 2. The Morgan fingerprint density at radius 2 is 1.15 bits per heavy atom. The lowest BCUT2D eigenvalue weighted by molar-refractivity contribution is -0.161. The molecule has 1 unspecified atom stereocenters. The van der Waals surface area contributed by atoms with Crippen molar-refractivity contribution in [2.24, 2.45) is 5.92 Å². The summed E-state index contributed by atoms with van der Waals surface area (Å²) in [4.78, 5) is 42.8. The second-order valence-electron chi connectivity index (χ2n) is 14.6. The number of phosphoric acid groups is 1. The Labute approximate surface area is 334 Å². The van der Waals surface area contributed by atoms with Gasteiger partial charge in [-0.05, 0) is 50.9 Å². The Bertz CT molecular complexity index is 1150. The molecule has 0 saturated carbocycles. The Morgan fingerprint density at radius 3 is 1.69 bits per heavy atom. The lowest BCUT2D eigenvalue weighted by atomic mass is 10.0. The number of phosphoric ester groups is 1. The van der Waals surface area contributed by atoms with E-state index in [-0.39, 0.29) is 19.4 Å². The fraction of sp³-hybridized carbons (Fsp3) is 0.689. The van der Waals surface area contributed by atoms with Crippen molar-refractivity contribution in [3.8, 4) is 0 Å². The Hall–Kier alpha value is -2.55. The number of esters is 2. The lowest BCUT2D eigenvalue weighted by Crippen LogP contribution is -2.29. The summed E-state index contributed by atoms with van der Waals surface area (Å²) in [5, 5.41) is 9.82. The van der Waals surface area contributed by atoms with Crippen LogP contribution in [0.4, 0.5) is 0 Å². The highest BCUT2D eigenvalue weighted by Gasteiger charge is 2.22. The summed E-state index contributed by atoms with van der Waals surface area (Å²) in [6, 6.07) is 0. The van der Waals surface area contributed by atoms with Gasteiger partial charge in [0.1, 0.15) is 6.61 Å². The molecule has 0 aromatic carbocycles. The molecule has 0 amide bonds. The van der Waals surface area contributed by atoms with E-state index in [4.69, 9.17) is 19.3 Å². The van der Waals surface area contributed by atoms with Gasteiger partial charge in [-0.3, -0.25) is 14.1 Å². The normalized spacial score (nSPS) is 13.9. The van der Waals surface area contributed by atoms with Gasteiger partial charge in [-0.1, -0.05) is 184 Å². The van der Waals surface area contributed by atoms with Crippen molar-refractivity contribution < 1.29 is 43.0 Å². The number of aliphatic hydroxyl groups is 1. The number of carbonyl (C=O) groups is 2. The first-order valence-electron chi connectivity index (χ1n) is 21.2. The van der Waals surface area contributed by atoms with E-state index < -0.39 is 38.6 Å². The first kappa shape index (κ1) is 52.5. The second-order valence-corrected chi connectivity index (χ2v) is 15.9. The molecule has 0 bridgehead atoms. The average Bonchev–Trinajstić information content (AvgIpc) is 3.13. The molecule has 0 spiro atoms. The van der Waals surface area contributed by atoms with Crippen molar-refractivity contribution in [3.63, 3.8) is 0 Å². The molecule has 0 aliphatic carbocycles. The molecule has 0 radical (unpaired) electrons. The third-order valence-corrected chi connectivity index (χ3v) is 9.25. The molecule has 55 heavy (non-hydrogen) atoms. The van der Waals surface area contributed by atoms with E-state index in [2.05, 4.69) is 43.5 Å². The van der Waals surface area contributed by atoms with E-state index in [9.17, 15) is 19.3 Å². The average molecular weight is 793 g/mol. The van der Waals surface area contributed by atoms with E-state index in [0.717, 1.165) is 50.9 Å². The Kier molecular flexibility index (Phi) is 36.6. The Morgan fingerprint density at radius 1 is 0.618 bits per heavy atom. The topological polar surface area (TPSA) is 140 Å². The molecule has 0 heterocycles. The van der Waals surface area contributed by atoms with Crippen molar-refractivity contribution in [3.05, 3.63) is 72.9 Å². The van der Waals surface area contributed by atoms with E-state index in [1.54, 1.807) is 6.08 Å². The quantitative estimate of drug-likeness (QED) is 0.0184. The molecule has 0 aliphatic rings. The van der Waals surface area contributed by atoms with Gasteiger partial charge in [0.15, 0.2) is 6.10 Å². The minimum absolute atomic E-state index is 0.0690. The van der Waals surface area contributed by atoms with Crippen molar-refractivity contribution in [2.75, 3.05) is 13.2 Å². The van der Waals surface area contributed by atoms with Crippen LogP contribution in [0, 0.1) is 5.92 Å². The van der Waals surface area contributed by atoms with E-state index in [0.29, 0.717) is 19.3 Å². The lowest BCUT2D eigenvalue weighted by Gasteiger charge is -2.18. The summed E-state index contributed by atoms with van der Waals surface area (Å²) < 4.78 is 26.3. The van der Waals surface area contributed by atoms with Crippen LogP contribution < -0.4 is 0 Å². The molecule has 316 valence electrons. The first-order valence-corrected chi connectivity index (χ1v) is 22.7. The summed E-state index contributed by atoms with van der Waals surface area (Å²) in [7, 11) is -4.79. The Balaban J connectivity index is 4.08. The number of unbranched alkanes of at least 4 members (excludes halogenated alkanes) is 13. The number of aliphatic hydroxyl groups excluding tert-OH is 1. The first-order chi connectivity index (χ1) is 26.5. The minimum atomic E-state index is -4.79. The van der Waals surface area contributed by atoms with Crippen LogP contribution in [0.1, 0.15) is 168 Å². The second kappa shape index (κ2) is 38.3. The molecular formula is C45H77O9P. The molecule has 3 N–H and O–H groups in total. The number of allylic oxidation sites excluding steroid dienone is 10. The van der Waals surface area contributed by atoms with Crippen LogP contribution in [-0.4, -0.2) is 52.3 Å². The van der Waals surface area contributed by atoms with Crippen LogP contribution >= 0.6 is 7.82 Å². The maximum absolute atomic E-state index is 12.4. The van der Waals surface area contributed by atoms with Crippen molar-refractivity contribution in [2.45, 2.75) is 181 Å². The van der Waals surface area contributed by atoms with Crippen LogP contribution in [0.25, 0.3) is 0 Å². The highest BCUT2D eigenvalue weighted by atomic mass is 31.2. The number of hydrogen-bond donors (Lipinski definition) is 3. The number of carbonyl (C=O) groups excluding carboxylic acids is 2. The van der Waals surface area contributed by atoms with Gasteiger partial charge in [0.2, 0.25) is 0 Å². The highest BCUT2D eigenvalue weighted by Crippen LogP contribution is 2.36. The van der Waals surface area contributed by atoms with E-state index >= 15 is 0 Å². The predicted molar refractivity (Wildman–Crippen MR) is 226 cm³/mol. The molecule has 10 heteroatoms. The van der Waals surface area contributed by atoms with Gasteiger partial charge in [0.05, 0.1) is 12.7 Å². The fourth-order valence-electron chi connectivity index (χ4n) is 5.61. The molecular weight excluding hydrogens is 715 g/mol. The van der Waals surface area contributed by atoms with Gasteiger partial charge in [-0.15, -0.1) is 0 Å².